The first-order chi connectivity index (χ1) is 18.3. The quantitative estimate of drug-likeness (QED) is 0.227. The lowest BCUT2D eigenvalue weighted by Crippen LogP contribution is -2.41. The van der Waals surface area contributed by atoms with Crippen molar-refractivity contribution in [1.82, 2.24) is 4.90 Å². The topological polar surface area (TPSA) is 110 Å². The first kappa shape index (κ1) is 25.6. The van der Waals surface area contributed by atoms with E-state index in [0.29, 0.717) is 43.5 Å². The standard InChI is InChI=1S/C30H29N3O4S/c31-38(36,37)20-3-5-21-10-12-22(13-11-21)23-14-16-25(17-15-23)32-18-4-19-33-29(34)26-8-1-6-24-7-2-9-27(28(24)26)30(33)35/h1-2,6-17,32H,3-5,18-20H2,(H2,31,36,37). The molecule has 1 aliphatic rings. The zero-order chi connectivity index (χ0) is 26.7. The Kier molecular flexibility index (Phi) is 7.26. The molecule has 1 heterocycles. The number of carbonyl (C=O) groups excluding carboxylic acids is 2. The van der Waals surface area contributed by atoms with Crippen LogP contribution in [0.1, 0.15) is 39.1 Å². The number of anilines is 1. The van der Waals surface area contributed by atoms with Crippen LogP contribution in [0.15, 0.2) is 84.9 Å². The Balaban J connectivity index is 1.13. The van der Waals surface area contributed by atoms with Crippen molar-refractivity contribution in [2.75, 3.05) is 24.2 Å². The maximum Gasteiger partial charge on any atom is 0.261 e. The first-order valence-electron chi connectivity index (χ1n) is 12.6. The van der Waals surface area contributed by atoms with Crippen LogP contribution >= 0.6 is 0 Å². The van der Waals surface area contributed by atoms with Crippen molar-refractivity contribution in [2.45, 2.75) is 19.3 Å². The number of sulfonamides is 1. The molecule has 38 heavy (non-hydrogen) atoms. The van der Waals surface area contributed by atoms with Crippen LogP contribution in [-0.4, -0.2) is 44.0 Å². The van der Waals surface area contributed by atoms with E-state index >= 15 is 0 Å². The number of nitrogens with one attached hydrogen (secondary N) is 1. The Hall–Kier alpha value is -4.01. The molecule has 0 saturated heterocycles. The Morgan fingerprint density at radius 3 is 1.89 bits per heavy atom. The van der Waals surface area contributed by atoms with Crippen LogP contribution in [-0.2, 0) is 16.4 Å². The van der Waals surface area contributed by atoms with Crippen molar-refractivity contribution < 1.29 is 18.0 Å². The van der Waals surface area contributed by atoms with Crippen LogP contribution in [0.3, 0.4) is 0 Å². The normalized spacial score (nSPS) is 13.2. The van der Waals surface area contributed by atoms with Gasteiger partial charge < -0.3 is 5.32 Å². The molecule has 4 aromatic rings. The summed E-state index contributed by atoms with van der Waals surface area (Å²) in [6, 6.07) is 27.3. The molecule has 1 aliphatic heterocycles. The van der Waals surface area contributed by atoms with Gasteiger partial charge in [0.25, 0.3) is 11.8 Å². The second-order valence-electron chi connectivity index (χ2n) is 9.50. The average Bonchev–Trinajstić information content (AvgIpc) is 2.91. The molecule has 4 aromatic carbocycles. The monoisotopic (exact) mass is 527 g/mol. The largest absolute Gasteiger partial charge is 0.385 e. The summed E-state index contributed by atoms with van der Waals surface area (Å²) < 4.78 is 22.2. The Bertz CT molecular complexity index is 1550. The zero-order valence-electron chi connectivity index (χ0n) is 20.9. The van der Waals surface area contributed by atoms with Gasteiger partial charge in [0.2, 0.25) is 10.0 Å². The van der Waals surface area contributed by atoms with Crippen molar-refractivity contribution >= 4 is 38.3 Å². The molecule has 0 saturated carbocycles. The SMILES string of the molecule is NS(=O)(=O)CCCc1ccc(-c2ccc(NCCCN3C(=O)c4cccc5cccc(c45)C3=O)cc2)cc1. The number of rotatable bonds is 10. The van der Waals surface area contributed by atoms with E-state index in [2.05, 4.69) is 5.32 Å². The third-order valence-electron chi connectivity index (χ3n) is 6.81. The number of amides is 2. The van der Waals surface area contributed by atoms with Crippen molar-refractivity contribution in [3.8, 4) is 11.1 Å². The molecule has 0 aromatic heterocycles. The third-order valence-corrected chi connectivity index (χ3v) is 7.67. The minimum atomic E-state index is -3.42. The second kappa shape index (κ2) is 10.8. The third kappa shape index (κ3) is 5.61. The number of imide groups is 1. The van der Waals surface area contributed by atoms with E-state index in [-0.39, 0.29) is 17.6 Å². The lowest BCUT2D eigenvalue weighted by atomic mass is 9.94. The van der Waals surface area contributed by atoms with E-state index in [9.17, 15) is 18.0 Å². The molecule has 8 heteroatoms. The highest BCUT2D eigenvalue weighted by Crippen LogP contribution is 2.30. The van der Waals surface area contributed by atoms with E-state index in [1.165, 1.54) is 4.90 Å². The molecule has 5 rings (SSSR count). The van der Waals surface area contributed by atoms with Gasteiger partial charge in [-0.1, -0.05) is 60.7 Å². The molecule has 0 fully saturated rings. The van der Waals surface area contributed by atoms with Crippen LogP contribution in [0.2, 0.25) is 0 Å². The van der Waals surface area contributed by atoms with E-state index in [1.807, 2.05) is 72.8 Å². The lowest BCUT2D eigenvalue weighted by Gasteiger charge is -2.27. The lowest BCUT2D eigenvalue weighted by molar-refractivity contribution is 0.0610. The highest BCUT2D eigenvalue weighted by Gasteiger charge is 2.32. The summed E-state index contributed by atoms with van der Waals surface area (Å²) in [5.74, 6) is -0.489. The minimum Gasteiger partial charge on any atom is -0.385 e. The second-order valence-corrected chi connectivity index (χ2v) is 11.2. The molecular formula is C30H29N3O4S. The number of benzene rings is 4. The molecule has 7 nitrogen and oxygen atoms in total. The molecular weight excluding hydrogens is 498 g/mol. The van der Waals surface area contributed by atoms with Gasteiger partial charge in [-0.15, -0.1) is 0 Å². The molecule has 0 atom stereocenters. The van der Waals surface area contributed by atoms with E-state index < -0.39 is 10.0 Å². The molecule has 194 valence electrons. The van der Waals surface area contributed by atoms with Crippen LogP contribution < -0.4 is 10.5 Å². The fourth-order valence-electron chi connectivity index (χ4n) is 4.88. The van der Waals surface area contributed by atoms with E-state index in [4.69, 9.17) is 5.14 Å². The maximum absolute atomic E-state index is 13.0. The van der Waals surface area contributed by atoms with Crippen molar-refractivity contribution in [3.63, 3.8) is 0 Å². The maximum atomic E-state index is 13.0. The van der Waals surface area contributed by atoms with Gasteiger partial charge in [0.05, 0.1) is 5.75 Å². The number of nitrogens with two attached hydrogens (primary N) is 1. The molecule has 3 N–H and O–H groups in total. The van der Waals surface area contributed by atoms with Crippen LogP contribution in [0.25, 0.3) is 21.9 Å². The van der Waals surface area contributed by atoms with Gasteiger partial charge in [-0.05, 0) is 65.6 Å². The van der Waals surface area contributed by atoms with Gasteiger partial charge in [0.15, 0.2) is 0 Å². The Labute approximate surface area is 222 Å². The van der Waals surface area contributed by atoms with E-state index in [0.717, 1.165) is 33.2 Å². The smallest absolute Gasteiger partial charge is 0.261 e. The summed E-state index contributed by atoms with van der Waals surface area (Å²) in [5.41, 5.74) is 5.34. The fourth-order valence-corrected chi connectivity index (χ4v) is 5.42. The summed E-state index contributed by atoms with van der Waals surface area (Å²) >= 11 is 0. The Morgan fingerprint density at radius 2 is 1.32 bits per heavy atom. The van der Waals surface area contributed by atoms with E-state index in [1.54, 1.807) is 12.1 Å². The Morgan fingerprint density at radius 1 is 0.737 bits per heavy atom. The van der Waals surface area contributed by atoms with Crippen LogP contribution in [0.4, 0.5) is 5.69 Å². The van der Waals surface area contributed by atoms with Gasteiger partial charge in [-0.2, -0.15) is 0 Å². The number of hydrogen-bond donors (Lipinski definition) is 2. The predicted molar refractivity (Wildman–Crippen MR) is 151 cm³/mol. The molecule has 0 unspecified atom stereocenters. The predicted octanol–water partition coefficient (Wildman–Crippen LogP) is 4.83. The number of carbonyl (C=O) groups is 2. The van der Waals surface area contributed by atoms with Crippen molar-refractivity contribution in [2.24, 2.45) is 5.14 Å². The van der Waals surface area contributed by atoms with Gasteiger partial charge >= 0.3 is 0 Å². The molecule has 0 spiro atoms. The number of aryl methyl sites for hydroxylation is 1. The minimum absolute atomic E-state index is 0.0155. The highest BCUT2D eigenvalue weighted by molar-refractivity contribution is 7.89. The summed E-state index contributed by atoms with van der Waals surface area (Å²) in [7, 11) is -3.42. The molecule has 2 amide bonds. The molecule has 0 bridgehead atoms. The number of primary sulfonamides is 1. The molecule has 0 radical (unpaired) electrons. The number of nitrogens with zero attached hydrogens (tertiary/aromatic N) is 1. The van der Waals surface area contributed by atoms with Crippen LogP contribution in [0, 0.1) is 0 Å². The van der Waals surface area contributed by atoms with Crippen LogP contribution in [0.5, 0.6) is 0 Å². The average molecular weight is 528 g/mol. The summed E-state index contributed by atoms with van der Waals surface area (Å²) in [4.78, 5) is 27.4. The molecule has 0 aliphatic carbocycles. The highest BCUT2D eigenvalue weighted by atomic mass is 32.2. The first-order valence-corrected chi connectivity index (χ1v) is 14.3. The fraction of sp³-hybridized carbons (Fsp3) is 0.200. The summed E-state index contributed by atoms with van der Waals surface area (Å²) in [6.07, 6.45) is 1.79. The summed E-state index contributed by atoms with van der Waals surface area (Å²) in [5, 5.41) is 10.1. The van der Waals surface area contributed by atoms with Crippen molar-refractivity contribution in [3.05, 3.63) is 102 Å². The van der Waals surface area contributed by atoms with Gasteiger partial charge in [-0.25, -0.2) is 13.6 Å². The van der Waals surface area contributed by atoms with Gasteiger partial charge in [0, 0.05) is 35.3 Å². The van der Waals surface area contributed by atoms with Gasteiger partial charge in [-0.3, -0.25) is 14.5 Å². The number of hydrogen-bond acceptors (Lipinski definition) is 5. The van der Waals surface area contributed by atoms with Gasteiger partial charge in [0.1, 0.15) is 0 Å². The zero-order valence-corrected chi connectivity index (χ0v) is 21.7. The summed E-state index contributed by atoms with van der Waals surface area (Å²) in [6.45, 7) is 0.965. The van der Waals surface area contributed by atoms with Crippen molar-refractivity contribution in [1.29, 1.82) is 0 Å².